The Hall–Kier alpha value is -0.120. The Morgan fingerprint density at radius 2 is 2.09 bits per heavy atom. The second-order valence-electron chi connectivity index (χ2n) is 3.10. The molecule has 0 spiro atoms. The predicted octanol–water partition coefficient (Wildman–Crippen LogP) is 0.239. The van der Waals surface area contributed by atoms with Gasteiger partial charge in [-0.2, -0.15) is 0 Å². The molecule has 1 fully saturated rings. The summed E-state index contributed by atoms with van der Waals surface area (Å²) in [6.07, 6.45) is 1.63. The van der Waals surface area contributed by atoms with Crippen LogP contribution in [-0.2, 0) is 4.79 Å². The number of carbonyl (C=O) groups is 1. The van der Waals surface area contributed by atoms with Crippen LogP contribution in [0.2, 0.25) is 0 Å². The van der Waals surface area contributed by atoms with Gasteiger partial charge in [0.15, 0.2) is 5.78 Å². The van der Waals surface area contributed by atoms with Gasteiger partial charge in [-0.15, -0.1) is 12.4 Å². The molecule has 0 aromatic carbocycles. The molecular weight excluding hydrogens is 166 g/mol. The van der Waals surface area contributed by atoms with Crippen molar-refractivity contribution in [1.82, 2.24) is 0 Å². The molecule has 0 radical (unpaired) electrons. The normalized spacial score (nSPS) is 22.8. The van der Waals surface area contributed by atoms with Crippen molar-refractivity contribution in [2.24, 2.45) is 5.73 Å². The van der Waals surface area contributed by atoms with E-state index in [4.69, 9.17) is 5.73 Å². The van der Waals surface area contributed by atoms with Crippen LogP contribution in [0.4, 0.5) is 0 Å². The Labute approximate surface area is 72.4 Å². The number of Topliss-reactive ketones (excluding diaryl/α,β-unsaturated/α-hetero) is 1. The average Bonchev–Trinajstić information content (AvgIpc) is 1.81. The molecular formula is C7H14ClNO2. The second-order valence-corrected chi connectivity index (χ2v) is 3.10. The standard InChI is InChI=1S/C7H13NO2.ClH/c1-5(9)6(10)7(8)3-2-4-7;/h6,10H,2-4,8H2,1H3;1H. The molecule has 1 aliphatic carbocycles. The van der Waals surface area contributed by atoms with Crippen LogP contribution >= 0.6 is 12.4 Å². The summed E-state index contributed by atoms with van der Waals surface area (Å²) in [6, 6.07) is 0. The number of carbonyl (C=O) groups excluding carboxylic acids is 1. The average molecular weight is 180 g/mol. The van der Waals surface area contributed by atoms with Crippen molar-refractivity contribution in [3.63, 3.8) is 0 Å². The van der Waals surface area contributed by atoms with E-state index in [1.165, 1.54) is 6.92 Å². The first-order chi connectivity index (χ1) is 4.56. The molecule has 1 saturated carbocycles. The van der Waals surface area contributed by atoms with E-state index < -0.39 is 11.6 Å². The van der Waals surface area contributed by atoms with E-state index in [2.05, 4.69) is 0 Å². The summed E-state index contributed by atoms with van der Waals surface area (Å²) in [7, 11) is 0. The smallest absolute Gasteiger partial charge is 0.160 e. The molecule has 66 valence electrons. The van der Waals surface area contributed by atoms with Crippen LogP contribution in [0.15, 0.2) is 0 Å². The summed E-state index contributed by atoms with van der Waals surface area (Å²) in [6.45, 7) is 1.37. The van der Waals surface area contributed by atoms with Gasteiger partial charge in [-0.1, -0.05) is 0 Å². The van der Waals surface area contributed by atoms with E-state index in [9.17, 15) is 9.90 Å². The zero-order chi connectivity index (χ0) is 7.78. The summed E-state index contributed by atoms with van der Waals surface area (Å²) >= 11 is 0. The molecule has 11 heavy (non-hydrogen) atoms. The molecule has 0 amide bonds. The third-order valence-electron chi connectivity index (χ3n) is 2.21. The van der Waals surface area contributed by atoms with E-state index in [1.54, 1.807) is 0 Å². The molecule has 0 heterocycles. The van der Waals surface area contributed by atoms with Crippen LogP contribution in [0.3, 0.4) is 0 Å². The number of aliphatic hydroxyl groups is 1. The highest BCUT2D eigenvalue weighted by molar-refractivity contribution is 5.85. The number of halogens is 1. The molecule has 1 atom stereocenters. The lowest BCUT2D eigenvalue weighted by atomic mass is 9.72. The molecule has 3 nitrogen and oxygen atoms in total. The maximum atomic E-state index is 10.7. The fourth-order valence-corrected chi connectivity index (χ4v) is 1.26. The third kappa shape index (κ3) is 1.92. The molecule has 0 bridgehead atoms. The maximum absolute atomic E-state index is 10.7. The molecule has 4 heteroatoms. The zero-order valence-corrected chi connectivity index (χ0v) is 7.36. The number of aliphatic hydroxyl groups excluding tert-OH is 1. The fraction of sp³-hybridized carbons (Fsp3) is 0.857. The Morgan fingerprint density at radius 3 is 2.18 bits per heavy atom. The van der Waals surface area contributed by atoms with Crippen LogP contribution in [0.5, 0.6) is 0 Å². The van der Waals surface area contributed by atoms with Gasteiger partial charge in [-0.3, -0.25) is 4.79 Å². The quantitative estimate of drug-likeness (QED) is 0.639. The SMILES string of the molecule is CC(=O)C(O)C1(N)CCC1.Cl. The van der Waals surface area contributed by atoms with Gasteiger partial charge >= 0.3 is 0 Å². The van der Waals surface area contributed by atoms with E-state index >= 15 is 0 Å². The summed E-state index contributed by atoms with van der Waals surface area (Å²) in [5, 5.41) is 9.23. The molecule has 1 rings (SSSR count). The van der Waals surface area contributed by atoms with Gasteiger partial charge in [-0.05, 0) is 26.2 Å². The third-order valence-corrected chi connectivity index (χ3v) is 2.21. The Balaban J connectivity index is 0.000001000. The van der Waals surface area contributed by atoms with Gasteiger partial charge in [0, 0.05) is 5.54 Å². The van der Waals surface area contributed by atoms with Gasteiger partial charge in [0.25, 0.3) is 0 Å². The van der Waals surface area contributed by atoms with Crippen LogP contribution in [0, 0.1) is 0 Å². The predicted molar refractivity (Wildman–Crippen MR) is 44.7 cm³/mol. The minimum absolute atomic E-state index is 0. The largest absolute Gasteiger partial charge is 0.383 e. The van der Waals surface area contributed by atoms with E-state index in [-0.39, 0.29) is 18.2 Å². The van der Waals surface area contributed by atoms with Gasteiger partial charge in [0.2, 0.25) is 0 Å². The van der Waals surface area contributed by atoms with Crippen molar-refractivity contribution in [1.29, 1.82) is 0 Å². The zero-order valence-electron chi connectivity index (χ0n) is 6.54. The van der Waals surface area contributed by atoms with Gasteiger partial charge in [0.1, 0.15) is 6.10 Å². The summed E-state index contributed by atoms with van der Waals surface area (Å²) in [5.74, 6) is -0.220. The van der Waals surface area contributed by atoms with Gasteiger partial charge < -0.3 is 10.8 Å². The highest BCUT2D eigenvalue weighted by Crippen LogP contribution is 2.32. The molecule has 1 unspecified atom stereocenters. The molecule has 0 aliphatic heterocycles. The van der Waals surface area contributed by atoms with Crippen molar-refractivity contribution in [3.8, 4) is 0 Å². The lowest BCUT2D eigenvalue weighted by Crippen LogP contribution is -2.58. The van der Waals surface area contributed by atoms with E-state index in [0.717, 1.165) is 19.3 Å². The first-order valence-corrected chi connectivity index (χ1v) is 3.54. The van der Waals surface area contributed by atoms with Crippen molar-refractivity contribution < 1.29 is 9.90 Å². The summed E-state index contributed by atoms with van der Waals surface area (Å²) in [5.41, 5.74) is 5.08. The molecule has 1 aliphatic rings. The number of hydrogen-bond donors (Lipinski definition) is 2. The summed E-state index contributed by atoms with van der Waals surface area (Å²) in [4.78, 5) is 10.7. The highest BCUT2D eigenvalue weighted by atomic mass is 35.5. The second kappa shape index (κ2) is 3.52. The summed E-state index contributed by atoms with van der Waals surface area (Å²) < 4.78 is 0. The van der Waals surface area contributed by atoms with Gasteiger partial charge in [-0.25, -0.2) is 0 Å². The van der Waals surface area contributed by atoms with Crippen molar-refractivity contribution in [2.75, 3.05) is 0 Å². The Kier molecular flexibility index (Phi) is 3.48. The number of hydrogen-bond acceptors (Lipinski definition) is 3. The topological polar surface area (TPSA) is 63.3 Å². The first kappa shape index (κ1) is 10.9. The monoisotopic (exact) mass is 179 g/mol. The molecule has 3 N–H and O–H groups in total. The minimum atomic E-state index is -0.943. The van der Waals surface area contributed by atoms with Crippen molar-refractivity contribution >= 4 is 18.2 Å². The van der Waals surface area contributed by atoms with Crippen molar-refractivity contribution in [3.05, 3.63) is 0 Å². The first-order valence-electron chi connectivity index (χ1n) is 3.54. The molecule has 0 saturated heterocycles. The minimum Gasteiger partial charge on any atom is -0.383 e. The van der Waals surface area contributed by atoms with Crippen LogP contribution in [-0.4, -0.2) is 22.5 Å². The van der Waals surface area contributed by atoms with E-state index in [1.807, 2.05) is 0 Å². The molecule has 0 aromatic rings. The van der Waals surface area contributed by atoms with Crippen LogP contribution in [0.25, 0.3) is 0 Å². The highest BCUT2D eigenvalue weighted by Gasteiger charge is 2.41. The Bertz CT molecular complexity index is 157. The van der Waals surface area contributed by atoms with Crippen LogP contribution < -0.4 is 5.73 Å². The number of nitrogens with two attached hydrogens (primary N) is 1. The van der Waals surface area contributed by atoms with Gasteiger partial charge in [0.05, 0.1) is 0 Å². The number of ketones is 1. The number of rotatable bonds is 2. The fourth-order valence-electron chi connectivity index (χ4n) is 1.26. The Morgan fingerprint density at radius 1 is 1.64 bits per heavy atom. The maximum Gasteiger partial charge on any atom is 0.160 e. The van der Waals surface area contributed by atoms with Crippen molar-refractivity contribution in [2.45, 2.75) is 37.8 Å². The molecule has 0 aromatic heterocycles. The van der Waals surface area contributed by atoms with Crippen LogP contribution in [0.1, 0.15) is 26.2 Å². The van der Waals surface area contributed by atoms with E-state index in [0.29, 0.717) is 0 Å². The lowest BCUT2D eigenvalue weighted by Gasteiger charge is -2.40. The lowest BCUT2D eigenvalue weighted by molar-refractivity contribution is -0.130.